The van der Waals surface area contributed by atoms with Crippen molar-refractivity contribution in [3.05, 3.63) is 70.8 Å². The Hall–Kier alpha value is -2.50. The molecule has 0 N–H and O–H groups in total. The van der Waals surface area contributed by atoms with Crippen LogP contribution in [0, 0.1) is 0 Å². The molecule has 0 radical (unpaired) electrons. The fraction of sp³-hybridized carbons (Fsp3) is 0.222. The summed E-state index contributed by atoms with van der Waals surface area (Å²) in [5.74, 6) is -9.65. The molecule has 0 spiro atoms. The van der Waals surface area contributed by atoms with Gasteiger partial charge < -0.3 is 0 Å². The molecule has 126 valence electrons. The first-order valence-electron chi connectivity index (χ1n) is 7.06. The highest BCUT2D eigenvalue weighted by atomic mass is 19.3. The van der Waals surface area contributed by atoms with Gasteiger partial charge in [0.05, 0.1) is 0 Å². The first-order chi connectivity index (χ1) is 11.1. The molecular formula is C18H14F4O2. The van der Waals surface area contributed by atoms with E-state index in [9.17, 15) is 27.2 Å². The Bertz CT molecular complexity index is 695. The zero-order chi connectivity index (χ0) is 18.1. The van der Waals surface area contributed by atoms with Crippen molar-refractivity contribution in [3.63, 3.8) is 0 Å². The number of Topliss-reactive ketones (excluding diaryl/α,β-unsaturated/α-hetero) is 2. The van der Waals surface area contributed by atoms with E-state index in [-0.39, 0.29) is 22.7 Å². The number of hydrogen-bond donors (Lipinski definition) is 0. The largest absolute Gasteiger partial charge is 0.339 e. The van der Waals surface area contributed by atoms with E-state index in [4.69, 9.17) is 0 Å². The van der Waals surface area contributed by atoms with Crippen molar-refractivity contribution >= 4 is 11.6 Å². The predicted molar refractivity (Wildman–Crippen MR) is 80.7 cm³/mol. The molecule has 6 heteroatoms. The van der Waals surface area contributed by atoms with E-state index >= 15 is 0 Å². The Morgan fingerprint density at radius 2 is 0.875 bits per heavy atom. The van der Waals surface area contributed by atoms with Crippen LogP contribution in [-0.4, -0.2) is 11.6 Å². The molecule has 0 atom stereocenters. The van der Waals surface area contributed by atoms with Crippen LogP contribution in [0.1, 0.15) is 45.7 Å². The van der Waals surface area contributed by atoms with Crippen LogP contribution in [0.4, 0.5) is 17.6 Å². The molecule has 2 aromatic carbocycles. The number of benzene rings is 2. The lowest BCUT2D eigenvalue weighted by Crippen LogP contribution is -2.35. The van der Waals surface area contributed by atoms with E-state index in [0.717, 1.165) is 48.5 Å². The molecule has 24 heavy (non-hydrogen) atoms. The summed E-state index contributed by atoms with van der Waals surface area (Å²) in [4.78, 5) is 22.3. The van der Waals surface area contributed by atoms with E-state index in [1.165, 1.54) is 13.8 Å². The number of rotatable bonds is 5. The average molecular weight is 338 g/mol. The standard InChI is InChI=1S/C18H14F4O2/c1-11(23)13-3-7-15(8-4-13)17(19,20)18(21,22)16-9-5-14(6-10-16)12(2)24/h3-10H,1-2H3. The van der Waals surface area contributed by atoms with Crippen molar-refractivity contribution in [3.8, 4) is 0 Å². The van der Waals surface area contributed by atoms with Gasteiger partial charge in [-0.05, 0) is 13.8 Å². The second-order valence-electron chi connectivity index (χ2n) is 5.42. The van der Waals surface area contributed by atoms with E-state index in [0.29, 0.717) is 0 Å². The molecule has 2 nitrogen and oxygen atoms in total. The molecule has 0 bridgehead atoms. The summed E-state index contributed by atoms with van der Waals surface area (Å²) in [7, 11) is 0. The molecule has 0 saturated carbocycles. The van der Waals surface area contributed by atoms with Crippen molar-refractivity contribution in [2.24, 2.45) is 0 Å². The van der Waals surface area contributed by atoms with Crippen LogP contribution in [0.5, 0.6) is 0 Å². The molecule has 0 aliphatic carbocycles. The van der Waals surface area contributed by atoms with Gasteiger partial charge in [-0.15, -0.1) is 0 Å². The predicted octanol–water partition coefficient (Wildman–Crippen LogP) is 4.98. The summed E-state index contributed by atoms with van der Waals surface area (Å²) in [6, 6.07) is 7.59. The van der Waals surface area contributed by atoms with Gasteiger partial charge >= 0.3 is 11.8 Å². The van der Waals surface area contributed by atoms with E-state index < -0.39 is 23.0 Å². The molecule has 2 rings (SSSR count). The number of carbonyl (C=O) groups excluding carboxylic acids is 2. The fourth-order valence-electron chi connectivity index (χ4n) is 2.19. The van der Waals surface area contributed by atoms with Gasteiger partial charge in [-0.1, -0.05) is 48.5 Å². The molecule has 0 fully saturated rings. The fourth-order valence-corrected chi connectivity index (χ4v) is 2.19. The summed E-state index contributed by atoms with van der Waals surface area (Å²) < 4.78 is 57.2. The van der Waals surface area contributed by atoms with Crippen molar-refractivity contribution in [1.29, 1.82) is 0 Å². The Labute approximate surface area is 136 Å². The SMILES string of the molecule is CC(=O)c1ccc(C(F)(F)C(F)(F)c2ccc(C(C)=O)cc2)cc1. The number of halogens is 4. The number of hydrogen-bond acceptors (Lipinski definition) is 2. The first-order valence-corrected chi connectivity index (χ1v) is 7.06. The molecule has 0 saturated heterocycles. The maximum absolute atomic E-state index is 14.3. The average Bonchev–Trinajstić information content (AvgIpc) is 2.54. The number of carbonyl (C=O) groups is 2. The van der Waals surface area contributed by atoms with Gasteiger partial charge in [0.25, 0.3) is 0 Å². The topological polar surface area (TPSA) is 34.1 Å². The van der Waals surface area contributed by atoms with Crippen LogP contribution in [0.25, 0.3) is 0 Å². The lowest BCUT2D eigenvalue weighted by Gasteiger charge is -2.27. The van der Waals surface area contributed by atoms with Crippen molar-refractivity contribution in [1.82, 2.24) is 0 Å². The van der Waals surface area contributed by atoms with E-state index in [1.807, 2.05) is 0 Å². The Morgan fingerprint density at radius 3 is 1.08 bits per heavy atom. The summed E-state index contributed by atoms with van der Waals surface area (Å²) >= 11 is 0. The molecule has 0 aromatic heterocycles. The Balaban J connectivity index is 2.41. The molecule has 0 aliphatic heterocycles. The third-order valence-electron chi connectivity index (χ3n) is 3.70. The van der Waals surface area contributed by atoms with Crippen LogP contribution < -0.4 is 0 Å². The van der Waals surface area contributed by atoms with Gasteiger partial charge in [0, 0.05) is 22.3 Å². The molecular weight excluding hydrogens is 324 g/mol. The summed E-state index contributed by atoms with van der Waals surface area (Å²) in [5, 5.41) is 0. The highest BCUT2D eigenvalue weighted by Gasteiger charge is 2.58. The second-order valence-corrected chi connectivity index (χ2v) is 5.42. The van der Waals surface area contributed by atoms with Gasteiger partial charge in [0.15, 0.2) is 11.6 Å². The minimum Gasteiger partial charge on any atom is -0.295 e. The number of alkyl halides is 4. The van der Waals surface area contributed by atoms with Gasteiger partial charge in [0.1, 0.15) is 0 Å². The molecule has 0 heterocycles. The molecule has 0 aliphatic rings. The van der Waals surface area contributed by atoms with E-state index in [2.05, 4.69) is 0 Å². The lowest BCUT2D eigenvalue weighted by molar-refractivity contribution is -0.223. The third-order valence-corrected chi connectivity index (χ3v) is 3.70. The Kier molecular flexibility index (Phi) is 4.60. The summed E-state index contributed by atoms with van der Waals surface area (Å²) in [6.45, 7) is 2.50. The highest BCUT2D eigenvalue weighted by Crippen LogP contribution is 2.49. The van der Waals surface area contributed by atoms with Crippen molar-refractivity contribution < 1.29 is 27.2 Å². The van der Waals surface area contributed by atoms with Crippen LogP contribution in [-0.2, 0) is 11.8 Å². The van der Waals surface area contributed by atoms with Crippen LogP contribution in [0.2, 0.25) is 0 Å². The summed E-state index contributed by atoms with van der Waals surface area (Å²) in [5.41, 5.74) is -1.48. The zero-order valence-corrected chi connectivity index (χ0v) is 12.9. The van der Waals surface area contributed by atoms with Gasteiger partial charge in [-0.25, -0.2) is 0 Å². The van der Waals surface area contributed by atoms with E-state index in [1.54, 1.807) is 0 Å². The molecule has 0 amide bonds. The van der Waals surface area contributed by atoms with Gasteiger partial charge in [-0.2, -0.15) is 17.6 Å². The molecule has 0 unspecified atom stereocenters. The minimum atomic E-state index is -4.47. The van der Waals surface area contributed by atoms with Gasteiger partial charge in [0.2, 0.25) is 0 Å². The molecule has 2 aromatic rings. The highest BCUT2D eigenvalue weighted by molar-refractivity contribution is 5.94. The maximum Gasteiger partial charge on any atom is 0.339 e. The lowest BCUT2D eigenvalue weighted by atomic mass is 9.94. The van der Waals surface area contributed by atoms with Crippen LogP contribution in [0.15, 0.2) is 48.5 Å². The van der Waals surface area contributed by atoms with Crippen molar-refractivity contribution in [2.45, 2.75) is 25.7 Å². The zero-order valence-electron chi connectivity index (χ0n) is 12.9. The second kappa shape index (κ2) is 6.19. The van der Waals surface area contributed by atoms with Crippen LogP contribution in [0.3, 0.4) is 0 Å². The third kappa shape index (κ3) is 3.09. The van der Waals surface area contributed by atoms with Crippen LogP contribution >= 0.6 is 0 Å². The normalized spacial score (nSPS) is 12.1. The first kappa shape index (κ1) is 17.8. The summed E-state index contributed by atoms with van der Waals surface area (Å²) in [6.07, 6.45) is 0. The minimum absolute atomic E-state index is 0.156. The number of ketones is 2. The quantitative estimate of drug-likeness (QED) is 0.569. The smallest absolute Gasteiger partial charge is 0.295 e. The Morgan fingerprint density at radius 1 is 0.625 bits per heavy atom. The monoisotopic (exact) mass is 338 g/mol. The maximum atomic E-state index is 14.3. The van der Waals surface area contributed by atoms with Gasteiger partial charge in [-0.3, -0.25) is 9.59 Å². The van der Waals surface area contributed by atoms with Crippen molar-refractivity contribution in [2.75, 3.05) is 0 Å².